The van der Waals surface area contributed by atoms with E-state index in [1.165, 1.54) is 70.6 Å². The van der Waals surface area contributed by atoms with Crippen molar-refractivity contribution in [3.05, 3.63) is 35.0 Å². The van der Waals surface area contributed by atoms with Crippen LogP contribution in [-0.4, -0.2) is 0 Å². The Morgan fingerprint density at radius 3 is 2.06 bits per heavy atom. The summed E-state index contributed by atoms with van der Waals surface area (Å²) in [7, 11) is 0. The van der Waals surface area contributed by atoms with Crippen LogP contribution in [0, 0.1) is 0 Å². The van der Waals surface area contributed by atoms with Crippen LogP contribution in [0.1, 0.15) is 69.1 Å². The summed E-state index contributed by atoms with van der Waals surface area (Å²) in [6.07, 6.45) is 17.2. The van der Waals surface area contributed by atoms with Crippen molar-refractivity contribution in [1.82, 2.24) is 0 Å². The van der Waals surface area contributed by atoms with Gasteiger partial charge in [0.1, 0.15) is 0 Å². The first kappa shape index (κ1) is 15.5. The van der Waals surface area contributed by atoms with Gasteiger partial charge in [-0.2, -0.15) is 0 Å². The molecule has 0 aliphatic rings. The summed E-state index contributed by atoms with van der Waals surface area (Å²) in [5, 5.41) is 2.18. The molecule has 0 spiro atoms. The lowest BCUT2D eigenvalue weighted by Gasteiger charge is -2.01. The average Bonchev–Trinajstić information content (AvgIpc) is 2.89. The van der Waals surface area contributed by atoms with Crippen LogP contribution in [0.25, 0.3) is 0 Å². The quantitative estimate of drug-likeness (QED) is 0.303. The fourth-order valence-electron chi connectivity index (χ4n) is 2.28. The molecule has 0 aliphatic carbocycles. The Kier molecular flexibility index (Phi) is 9.92. The summed E-state index contributed by atoms with van der Waals surface area (Å²) in [4.78, 5) is 1.55. The van der Waals surface area contributed by atoms with Gasteiger partial charge in [0, 0.05) is 4.88 Å². The Bertz CT molecular complexity index is 274. The first-order chi connectivity index (χ1) is 8.93. The highest BCUT2D eigenvalue weighted by molar-refractivity contribution is 7.09. The second kappa shape index (κ2) is 11.5. The van der Waals surface area contributed by atoms with Crippen LogP contribution in [0.2, 0.25) is 0 Å². The highest BCUT2D eigenvalue weighted by Gasteiger charge is 1.95. The van der Waals surface area contributed by atoms with E-state index in [0.717, 1.165) is 0 Å². The summed E-state index contributed by atoms with van der Waals surface area (Å²) in [5.41, 5.74) is 0. The second-order valence-corrected chi connectivity index (χ2v) is 6.12. The van der Waals surface area contributed by atoms with Gasteiger partial charge in [-0.25, -0.2) is 0 Å². The molecule has 18 heavy (non-hydrogen) atoms. The molecule has 0 nitrogen and oxygen atoms in total. The predicted molar refractivity (Wildman–Crippen MR) is 84.4 cm³/mol. The van der Waals surface area contributed by atoms with Crippen molar-refractivity contribution in [3.8, 4) is 0 Å². The van der Waals surface area contributed by atoms with Crippen LogP contribution in [0.5, 0.6) is 0 Å². The van der Waals surface area contributed by atoms with Crippen LogP contribution in [0.4, 0.5) is 0 Å². The van der Waals surface area contributed by atoms with E-state index < -0.39 is 0 Å². The maximum atomic E-state index is 3.76. The summed E-state index contributed by atoms with van der Waals surface area (Å²) >= 11 is 1.90. The standard InChI is InChI=1S/C17H28S/c1-2-3-4-5-6-7-8-9-10-11-12-14-17-15-13-16-18-17/h2,13,15-16H,1,3-12,14H2. The van der Waals surface area contributed by atoms with E-state index in [1.54, 1.807) is 4.88 Å². The first-order valence-electron chi connectivity index (χ1n) is 7.57. The molecule has 0 unspecified atom stereocenters. The molecule has 0 saturated heterocycles. The SMILES string of the molecule is C=CCCCCCCCCCCCc1cccs1. The smallest absolute Gasteiger partial charge is 0.00452 e. The summed E-state index contributed by atoms with van der Waals surface area (Å²) < 4.78 is 0. The minimum Gasteiger partial charge on any atom is -0.149 e. The van der Waals surface area contributed by atoms with Crippen LogP contribution >= 0.6 is 11.3 Å². The molecule has 0 fully saturated rings. The number of unbranched alkanes of at least 4 members (excludes halogenated alkanes) is 9. The Labute approximate surface area is 117 Å². The minimum absolute atomic E-state index is 1.20. The average molecular weight is 264 g/mol. The molecule has 1 aromatic heterocycles. The number of hydrogen-bond donors (Lipinski definition) is 0. The molecule has 0 N–H and O–H groups in total. The van der Waals surface area contributed by atoms with E-state index in [9.17, 15) is 0 Å². The molecule has 0 amide bonds. The molecule has 0 aliphatic heterocycles. The molecule has 0 aromatic carbocycles. The van der Waals surface area contributed by atoms with Crippen LogP contribution in [0.15, 0.2) is 30.2 Å². The fourth-order valence-corrected chi connectivity index (χ4v) is 3.03. The van der Waals surface area contributed by atoms with Crippen molar-refractivity contribution in [2.24, 2.45) is 0 Å². The van der Waals surface area contributed by atoms with Crippen LogP contribution < -0.4 is 0 Å². The summed E-state index contributed by atoms with van der Waals surface area (Å²) in [5.74, 6) is 0. The third-order valence-electron chi connectivity index (χ3n) is 3.41. The maximum Gasteiger partial charge on any atom is 0.00452 e. The number of hydrogen-bond acceptors (Lipinski definition) is 1. The zero-order valence-electron chi connectivity index (χ0n) is 11.7. The van der Waals surface area contributed by atoms with Crippen LogP contribution in [0.3, 0.4) is 0 Å². The molecule has 102 valence electrons. The maximum absolute atomic E-state index is 3.76. The molecule has 1 heteroatoms. The van der Waals surface area contributed by atoms with Gasteiger partial charge in [-0.05, 0) is 37.1 Å². The first-order valence-corrected chi connectivity index (χ1v) is 8.44. The minimum atomic E-state index is 1.20. The highest BCUT2D eigenvalue weighted by Crippen LogP contribution is 2.15. The third-order valence-corrected chi connectivity index (χ3v) is 4.35. The zero-order chi connectivity index (χ0) is 12.9. The van der Waals surface area contributed by atoms with Crippen molar-refractivity contribution in [2.45, 2.75) is 70.6 Å². The Morgan fingerprint density at radius 1 is 0.889 bits per heavy atom. The van der Waals surface area contributed by atoms with Gasteiger partial charge in [-0.15, -0.1) is 17.9 Å². The van der Waals surface area contributed by atoms with Gasteiger partial charge in [-0.3, -0.25) is 0 Å². The van der Waals surface area contributed by atoms with Gasteiger partial charge in [0.25, 0.3) is 0 Å². The largest absolute Gasteiger partial charge is 0.149 e. The molecular formula is C17H28S. The van der Waals surface area contributed by atoms with Crippen molar-refractivity contribution >= 4 is 11.3 Å². The summed E-state index contributed by atoms with van der Waals surface area (Å²) in [6.45, 7) is 3.76. The van der Waals surface area contributed by atoms with Gasteiger partial charge in [0.2, 0.25) is 0 Å². The monoisotopic (exact) mass is 264 g/mol. The lowest BCUT2D eigenvalue weighted by atomic mass is 10.1. The zero-order valence-corrected chi connectivity index (χ0v) is 12.5. The number of rotatable bonds is 12. The van der Waals surface area contributed by atoms with Crippen LogP contribution in [-0.2, 0) is 6.42 Å². The predicted octanol–water partition coefficient (Wildman–Crippen LogP) is 6.38. The van der Waals surface area contributed by atoms with E-state index in [0.29, 0.717) is 0 Å². The molecule has 1 rings (SSSR count). The fraction of sp³-hybridized carbons (Fsp3) is 0.647. The van der Waals surface area contributed by atoms with Crippen molar-refractivity contribution in [3.63, 3.8) is 0 Å². The molecule has 0 saturated carbocycles. The normalized spacial score (nSPS) is 10.7. The van der Waals surface area contributed by atoms with Crippen molar-refractivity contribution in [2.75, 3.05) is 0 Å². The van der Waals surface area contributed by atoms with Crippen molar-refractivity contribution < 1.29 is 0 Å². The van der Waals surface area contributed by atoms with E-state index in [1.807, 2.05) is 17.4 Å². The van der Waals surface area contributed by atoms with Gasteiger partial charge < -0.3 is 0 Å². The van der Waals surface area contributed by atoms with E-state index in [2.05, 4.69) is 24.1 Å². The van der Waals surface area contributed by atoms with Gasteiger partial charge in [0.05, 0.1) is 0 Å². The lowest BCUT2D eigenvalue weighted by molar-refractivity contribution is 0.560. The molecule has 1 heterocycles. The van der Waals surface area contributed by atoms with Gasteiger partial charge in [0.15, 0.2) is 0 Å². The Balaban J connectivity index is 1.75. The number of allylic oxidation sites excluding steroid dienone is 1. The molecule has 0 atom stereocenters. The molecule has 1 aromatic rings. The lowest BCUT2D eigenvalue weighted by Crippen LogP contribution is -1.84. The summed E-state index contributed by atoms with van der Waals surface area (Å²) in [6, 6.07) is 4.42. The van der Waals surface area contributed by atoms with E-state index in [4.69, 9.17) is 0 Å². The van der Waals surface area contributed by atoms with E-state index in [-0.39, 0.29) is 0 Å². The Hall–Kier alpha value is -0.560. The third kappa shape index (κ3) is 8.52. The highest BCUT2D eigenvalue weighted by atomic mass is 32.1. The van der Waals surface area contributed by atoms with E-state index >= 15 is 0 Å². The topological polar surface area (TPSA) is 0 Å². The molecular weight excluding hydrogens is 236 g/mol. The number of thiophene rings is 1. The van der Waals surface area contributed by atoms with Crippen molar-refractivity contribution in [1.29, 1.82) is 0 Å². The second-order valence-electron chi connectivity index (χ2n) is 5.09. The molecule has 0 bridgehead atoms. The number of aryl methyl sites for hydroxylation is 1. The Morgan fingerprint density at radius 2 is 1.50 bits per heavy atom. The van der Waals surface area contributed by atoms with Gasteiger partial charge in [-0.1, -0.05) is 57.1 Å². The van der Waals surface area contributed by atoms with Gasteiger partial charge >= 0.3 is 0 Å². The molecule has 0 radical (unpaired) electrons.